The van der Waals surface area contributed by atoms with E-state index in [4.69, 9.17) is 14.7 Å². The molecule has 0 bridgehead atoms. The molecule has 4 aromatic carbocycles. The molecule has 1 aromatic heterocycles. The van der Waals surface area contributed by atoms with Gasteiger partial charge in [0.25, 0.3) is 0 Å². The van der Waals surface area contributed by atoms with Crippen LogP contribution in [-0.2, 0) is 6.42 Å². The Morgan fingerprint density at radius 2 is 1.64 bits per heavy atom. The summed E-state index contributed by atoms with van der Waals surface area (Å²) < 4.78 is 6.87. The Labute approximate surface area is 229 Å². The molecule has 5 aromatic rings. The van der Waals surface area contributed by atoms with Gasteiger partial charge in [-0.3, -0.25) is 4.79 Å². The highest BCUT2D eigenvalue weighted by Gasteiger charge is 2.47. The number of hydrogen-bond acceptors (Lipinski definition) is 4. The monoisotopic (exact) mass is 514 g/mol. The van der Waals surface area contributed by atoms with Gasteiger partial charge < -0.3 is 4.74 Å². The molecule has 0 spiro atoms. The predicted molar refractivity (Wildman–Crippen MR) is 158 cm³/mol. The summed E-state index contributed by atoms with van der Waals surface area (Å²) in [4.78, 5) is 23.6. The second-order valence-electron chi connectivity index (χ2n) is 12.2. The van der Waals surface area contributed by atoms with Crippen molar-refractivity contribution in [2.75, 3.05) is 0 Å². The minimum Gasteiger partial charge on any atom is -0.487 e. The molecule has 3 atom stereocenters. The summed E-state index contributed by atoms with van der Waals surface area (Å²) in [7, 11) is 0. The third-order valence-electron chi connectivity index (χ3n) is 9.14. The number of Topliss-reactive ketones (excluding diaryl/α,β-unsaturated/α-hetero) is 1. The summed E-state index contributed by atoms with van der Waals surface area (Å²) in [6.07, 6.45) is 4.73. The summed E-state index contributed by atoms with van der Waals surface area (Å²) in [5, 5.41) is 2.19. The number of aryl methyl sites for hydroxylation is 1. The zero-order valence-electron chi connectivity index (χ0n) is 22.9. The smallest absolute Gasteiger partial charge is 0.163 e. The van der Waals surface area contributed by atoms with Crippen LogP contribution in [0.15, 0.2) is 72.8 Å². The Morgan fingerprint density at radius 1 is 0.897 bits per heavy atom. The zero-order chi connectivity index (χ0) is 26.7. The molecule has 1 aliphatic heterocycles. The third-order valence-corrected chi connectivity index (χ3v) is 9.14. The van der Waals surface area contributed by atoms with E-state index in [9.17, 15) is 4.79 Å². The number of carbonyl (C=O) groups excluding carboxylic acids is 1. The van der Waals surface area contributed by atoms with Crippen LogP contribution in [0, 0.1) is 11.8 Å². The first-order chi connectivity index (χ1) is 18.9. The average molecular weight is 515 g/mol. The van der Waals surface area contributed by atoms with Crippen LogP contribution in [-0.4, -0.2) is 21.4 Å². The fourth-order valence-electron chi connectivity index (χ4n) is 7.12. The van der Waals surface area contributed by atoms with Gasteiger partial charge in [-0.05, 0) is 68.7 Å². The number of ketones is 1. The van der Waals surface area contributed by atoms with Crippen LogP contribution < -0.4 is 4.74 Å². The Morgan fingerprint density at radius 3 is 2.46 bits per heavy atom. The summed E-state index contributed by atoms with van der Waals surface area (Å²) in [5.74, 6) is 2.59. The van der Waals surface area contributed by atoms with Gasteiger partial charge in [0.2, 0.25) is 0 Å². The van der Waals surface area contributed by atoms with Crippen LogP contribution in [0.3, 0.4) is 0 Å². The Bertz CT molecular complexity index is 1740. The van der Waals surface area contributed by atoms with Gasteiger partial charge in [0, 0.05) is 34.2 Å². The van der Waals surface area contributed by atoms with Crippen LogP contribution in [0.25, 0.3) is 32.8 Å². The number of benzene rings is 4. The highest BCUT2D eigenvalue weighted by molar-refractivity contribution is 6.11. The third kappa shape index (κ3) is 4.09. The first kappa shape index (κ1) is 24.3. The number of nitrogens with zero attached hydrogens (tertiary/aromatic N) is 2. The Balaban J connectivity index is 1.39. The maximum absolute atomic E-state index is 13.2. The normalized spacial score (nSPS) is 21.9. The number of rotatable bonds is 4. The molecule has 0 saturated heterocycles. The van der Waals surface area contributed by atoms with Gasteiger partial charge in [-0.2, -0.15) is 0 Å². The molecule has 1 saturated carbocycles. The molecule has 2 heterocycles. The second-order valence-corrected chi connectivity index (χ2v) is 12.2. The van der Waals surface area contributed by atoms with E-state index in [0.29, 0.717) is 29.7 Å². The van der Waals surface area contributed by atoms with Crippen LogP contribution >= 0.6 is 0 Å². The van der Waals surface area contributed by atoms with E-state index in [2.05, 4.69) is 57.2 Å². The van der Waals surface area contributed by atoms with E-state index < -0.39 is 0 Å². The van der Waals surface area contributed by atoms with Crippen molar-refractivity contribution >= 4 is 38.6 Å². The van der Waals surface area contributed by atoms with Gasteiger partial charge in [0.1, 0.15) is 11.4 Å². The standard InChI is InChI=1S/C35H34N2O2/c1-21-13-16-27-26(19-21)31-33-32(24-11-7-8-12-25(24)34(31)39-35(27,2)3)36-28-17-15-23(20-29(28)37-33)30(38)18-14-22-9-5-4-6-10-22/h4-12,15,17,20-21,26-27H,13-14,16,18-19H2,1-3H3/t21-,26-,27-/m0/s1. The Hall–Kier alpha value is -3.79. The average Bonchev–Trinajstić information content (AvgIpc) is 2.95. The molecule has 2 aliphatic rings. The largest absolute Gasteiger partial charge is 0.487 e. The SMILES string of the molecule is C[C@H]1CC[C@H]2[C@H](C1)c1c(c3ccccc3c3nc4ccc(C(=O)CCc5ccccc5)cc4nc13)OC2(C)C. The lowest BCUT2D eigenvalue weighted by Crippen LogP contribution is -2.46. The van der Waals surface area contributed by atoms with E-state index in [0.717, 1.165) is 57.9 Å². The molecule has 0 unspecified atom stereocenters. The van der Waals surface area contributed by atoms with Crippen molar-refractivity contribution in [3.8, 4) is 5.75 Å². The minimum atomic E-state index is -0.239. The van der Waals surface area contributed by atoms with Crippen molar-refractivity contribution < 1.29 is 9.53 Å². The molecular formula is C35H34N2O2. The number of hydrogen-bond donors (Lipinski definition) is 0. The lowest BCUT2D eigenvalue weighted by molar-refractivity contribution is -0.0115. The molecule has 1 aliphatic carbocycles. The van der Waals surface area contributed by atoms with E-state index in [1.54, 1.807) is 0 Å². The van der Waals surface area contributed by atoms with Gasteiger partial charge in [-0.15, -0.1) is 0 Å². The first-order valence-corrected chi connectivity index (χ1v) is 14.3. The minimum absolute atomic E-state index is 0.134. The molecule has 4 heteroatoms. The van der Waals surface area contributed by atoms with E-state index in [1.165, 1.54) is 17.5 Å². The summed E-state index contributed by atoms with van der Waals surface area (Å²) >= 11 is 0. The van der Waals surface area contributed by atoms with Crippen LogP contribution in [0.1, 0.15) is 73.9 Å². The number of aromatic nitrogens is 2. The summed E-state index contributed by atoms with van der Waals surface area (Å²) in [5.41, 5.74) is 6.31. The van der Waals surface area contributed by atoms with Crippen LogP contribution in [0.5, 0.6) is 5.75 Å². The van der Waals surface area contributed by atoms with Crippen molar-refractivity contribution in [3.63, 3.8) is 0 Å². The fraction of sp³-hybridized carbons (Fsp3) is 0.343. The van der Waals surface area contributed by atoms with E-state index in [-0.39, 0.29) is 11.4 Å². The van der Waals surface area contributed by atoms with Gasteiger partial charge in [-0.25, -0.2) is 9.97 Å². The van der Waals surface area contributed by atoms with Gasteiger partial charge in [0.05, 0.1) is 22.1 Å². The summed E-state index contributed by atoms with van der Waals surface area (Å²) in [6.45, 7) is 6.87. The zero-order valence-corrected chi connectivity index (χ0v) is 22.9. The van der Waals surface area contributed by atoms with Gasteiger partial charge >= 0.3 is 0 Å². The van der Waals surface area contributed by atoms with Crippen LogP contribution in [0.4, 0.5) is 0 Å². The molecule has 0 N–H and O–H groups in total. The molecule has 1 fully saturated rings. The fourth-order valence-corrected chi connectivity index (χ4v) is 7.12. The highest BCUT2D eigenvalue weighted by Crippen LogP contribution is 2.56. The number of carbonyl (C=O) groups is 1. The van der Waals surface area contributed by atoms with Crippen LogP contribution in [0.2, 0.25) is 0 Å². The quantitative estimate of drug-likeness (QED) is 0.137. The summed E-state index contributed by atoms with van der Waals surface area (Å²) in [6, 6.07) is 24.4. The Kier molecular flexibility index (Phi) is 5.69. The molecule has 0 radical (unpaired) electrons. The predicted octanol–water partition coefficient (Wildman–Crippen LogP) is 8.44. The van der Waals surface area contributed by atoms with Gasteiger partial charge in [-0.1, -0.05) is 67.9 Å². The highest BCUT2D eigenvalue weighted by atomic mass is 16.5. The van der Waals surface area contributed by atoms with E-state index in [1.807, 2.05) is 36.4 Å². The lowest BCUT2D eigenvalue weighted by Gasteiger charge is -2.49. The first-order valence-electron chi connectivity index (χ1n) is 14.3. The van der Waals surface area contributed by atoms with Crippen molar-refractivity contribution in [1.29, 1.82) is 0 Å². The maximum atomic E-state index is 13.2. The van der Waals surface area contributed by atoms with Crippen molar-refractivity contribution in [2.24, 2.45) is 11.8 Å². The number of fused-ring (bicyclic) bond motifs is 9. The number of ether oxygens (including phenoxy) is 1. The molecule has 39 heavy (non-hydrogen) atoms. The maximum Gasteiger partial charge on any atom is 0.163 e. The van der Waals surface area contributed by atoms with E-state index >= 15 is 0 Å². The van der Waals surface area contributed by atoms with Crippen molar-refractivity contribution in [1.82, 2.24) is 9.97 Å². The molecule has 196 valence electrons. The van der Waals surface area contributed by atoms with Crippen molar-refractivity contribution in [3.05, 3.63) is 89.5 Å². The molecule has 0 amide bonds. The molecule has 7 rings (SSSR count). The molecule has 4 nitrogen and oxygen atoms in total. The second kappa shape index (κ2) is 9.15. The molecular weight excluding hydrogens is 480 g/mol. The lowest BCUT2D eigenvalue weighted by atomic mass is 9.64. The van der Waals surface area contributed by atoms with Gasteiger partial charge in [0.15, 0.2) is 5.78 Å². The van der Waals surface area contributed by atoms with Crippen molar-refractivity contribution in [2.45, 2.75) is 64.4 Å². The topological polar surface area (TPSA) is 52.1 Å².